The number of nitrogens with zero attached hydrogens (tertiary/aromatic N) is 2. The first-order chi connectivity index (χ1) is 8.45. The zero-order valence-electron chi connectivity index (χ0n) is 9.63. The first-order valence-electron chi connectivity index (χ1n) is 5.26. The number of alkyl halides is 4. The molecule has 1 N–H and O–H groups in total. The molecule has 0 saturated heterocycles. The Hall–Kier alpha value is -1.38. The molecule has 1 aromatic heterocycles. The SMILES string of the molecule is CCCNc1nc(COCC(F)(F)C(F)F)no1. The Morgan fingerprint density at radius 2 is 2.17 bits per heavy atom. The molecule has 1 aromatic rings. The van der Waals surface area contributed by atoms with Crippen LogP contribution in [0.2, 0.25) is 0 Å². The summed E-state index contributed by atoms with van der Waals surface area (Å²) in [6.07, 6.45) is -2.92. The van der Waals surface area contributed by atoms with Gasteiger partial charge in [-0.1, -0.05) is 12.1 Å². The summed E-state index contributed by atoms with van der Waals surface area (Å²) < 4.78 is 57.7. The van der Waals surface area contributed by atoms with E-state index in [1.165, 1.54) is 0 Å². The minimum absolute atomic E-state index is 0.0127. The lowest BCUT2D eigenvalue weighted by atomic mass is 10.4. The molecule has 0 amide bonds. The van der Waals surface area contributed by atoms with Gasteiger partial charge in [0, 0.05) is 6.54 Å². The predicted molar refractivity (Wildman–Crippen MR) is 53.7 cm³/mol. The normalized spacial score (nSPS) is 12.1. The Balaban J connectivity index is 2.33. The number of halogens is 4. The average Bonchev–Trinajstić information content (AvgIpc) is 2.74. The van der Waals surface area contributed by atoms with Gasteiger partial charge in [0.2, 0.25) is 0 Å². The Morgan fingerprint density at radius 1 is 1.44 bits per heavy atom. The lowest BCUT2D eigenvalue weighted by Gasteiger charge is -2.14. The van der Waals surface area contributed by atoms with Gasteiger partial charge < -0.3 is 14.6 Å². The molecule has 0 unspecified atom stereocenters. The number of ether oxygens (including phenoxy) is 1. The highest BCUT2D eigenvalue weighted by Gasteiger charge is 2.41. The van der Waals surface area contributed by atoms with E-state index in [9.17, 15) is 17.6 Å². The summed E-state index contributed by atoms with van der Waals surface area (Å²) in [5, 5.41) is 6.20. The zero-order chi connectivity index (χ0) is 13.6. The smallest absolute Gasteiger partial charge is 0.330 e. The highest BCUT2D eigenvalue weighted by atomic mass is 19.3. The second kappa shape index (κ2) is 6.53. The van der Waals surface area contributed by atoms with Gasteiger partial charge in [0.05, 0.1) is 0 Å². The summed E-state index contributed by atoms with van der Waals surface area (Å²) in [6.45, 7) is 0.738. The van der Waals surface area contributed by atoms with Crippen molar-refractivity contribution in [3.8, 4) is 0 Å². The third kappa shape index (κ3) is 4.47. The monoisotopic (exact) mass is 271 g/mol. The van der Waals surface area contributed by atoms with Crippen LogP contribution in [-0.2, 0) is 11.3 Å². The molecule has 5 nitrogen and oxygen atoms in total. The highest BCUT2D eigenvalue weighted by Crippen LogP contribution is 2.23. The van der Waals surface area contributed by atoms with E-state index in [1.54, 1.807) is 0 Å². The van der Waals surface area contributed by atoms with Crippen molar-refractivity contribution < 1.29 is 26.8 Å². The molecule has 0 radical (unpaired) electrons. The van der Waals surface area contributed by atoms with Crippen LogP contribution >= 0.6 is 0 Å². The van der Waals surface area contributed by atoms with Crippen molar-refractivity contribution in [2.24, 2.45) is 0 Å². The van der Waals surface area contributed by atoms with Crippen LogP contribution in [0.5, 0.6) is 0 Å². The van der Waals surface area contributed by atoms with Gasteiger partial charge in [-0.2, -0.15) is 13.8 Å². The van der Waals surface area contributed by atoms with E-state index in [1.807, 2.05) is 6.92 Å². The van der Waals surface area contributed by atoms with Crippen molar-refractivity contribution in [2.45, 2.75) is 32.3 Å². The van der Waals surface area contributed by atoms with E-state index in [0.717, 1.165) is 6.42 Å². The quantitative estimate of drug-likeness (QED) is 0.735. The lowest BCUT2D eigenvalue weighted by molar-refractivity contribution is -0.168. The molecule has 18 heavy (non-hydrogen) atoms. The Morgan fingerprint density at radius 3 is 2.78 bits per heavy atom. The van der Waals surface area contributed by atoms with Gasteiger partial charge in [0.25, 0.3) is 0 Å². The van der Waals surface area contributed by atoms with Gasteiger partial charge in [-0.3, -0.25) is 0 Å². The van der Waals surface area contributed by atoms with Crippen LogP contribution < -0.4 is 5.32 Å². The summed E-state index contributed by atoms with van der Waals surface area (Å²) in [5.74, 6) is -4.16. The molecule has 1 heterocycles. The van der Waals surface area contributed by atoms with Crippen molar-refractivity contribution >= 4 is 6.01 Å². The molecule has 9 heteroatoms. The van der Waals surface area contributed by atoms with Gasteiger partial charge in [-0.05, 0) is 6.42 Å². The van der Waals surface area contributed by atoms with E-state index in [-0.39, 0.29) is 11.8 Å². The fourth-order valence-electron chi connectivity index (χ4n) is 0.958. The van der Waals surface area contributed by atoms with Crippen LogP contribution in [0.3, 0.4) is 0 Å². The molecule has 0 atom stereocenters. The summed E-state index contributed by atoms with van der Waals surface area (Å²) in [4.78, 5) is 3.77. The maximum Gasteiger partial charge on any atom is 0.330 e. The summed E-state index contributed by atoms with van der Waals surface area (Å²) in [5.41, 5.74) is 0. The largest absolute Gasteiger partial charge is 0.367 e. The second-order valence-electron chi connectivity index (χ2n) is 3.50. The molecule has 104 valence electrons. The second-order valence-corrected chi connectivity index (χ2v) is 3.50. The van der Waals surface area contributed by atoms with Crippen molar-refractivity contribution in [3.63, 3.8) is 0 Å². The van der Waals surface area contributed by atoms with Gasteiger partial charge >= 0.3 is 18.4 Å². The minimum atomic E-state index is -4.17. The van der Waals surface area contributed by atoms with E-state index in [2.05, 4.69) is 20.2 Å². The summed E-state index contributed by atoms with van der Waals surface area (Å²) in [6, 6.07) is 0.135. The number of rotatable bonds is 8. The zero-order valence-corrected chi connectivity index (χ0v) is 9.63. The van der Waals surface area contributed by atoms with Crippen LogP contribution in [-0.4, -0.2) is 35.6 Å². The standard InChI is InChI=1S/C9H13F4N3O2/c1-2-3-14-8-15-6(16-18-8)4-17-5-9(12,13)7(10)11/h7H,2-5H2,1H3,(H,14,15,16). The molecule has 0 aliphatic heterocycles. The molecule has 0 saturated carbocycles. The van der Waals surface area contributed by atoms with Gasteiger partial charge in [0.1, 0.15) is 13.2 Å². The molecule has 0 fully saturated rings. The number of nitrogens with one attached hydrogen (secondary N) is 1. The highest BCUT2D eigenvalue weighted by molar-refractivity contribution is 5.17. The fourth-order valence-corrected chi connectivity index (χ4v) is 0.958. The van der Waals surface area contributed by atoms with Crippen molar-refractivity contribution in [3.05, 3.63) is 5.82 Å². The number of aromatic nitrogens is 2. The molecule has 0 aromatic carbocycles. The molecule has 0 aliphatic rings. The molecule has 0 spiro atoms. The van der Waals surface area contributed by atoms with Crippen molar-refractivity contribution in [1.29, 1.82) is 0 Å². The molecule has 0 bridgehead atoms. The Kier molecular flexibility index (Phi) is 5.32. The van der Waals surface area contributed by atoms with Gasteiger partial charge in [0.15, 0.2) is 5.82 Å². The molecular weight excluding hydrogens is 258 g/mol. The van der Waals surface area contributed by atoms with E-state index < -0.39 is 25.6 Å². The van der Waals surface area contributed by atoms with E-state index in [4.69, 9.17) is 4.52 Å². The number of hydrogen-bond acceptors (Lipinski definition) is 5. The fraction of sp³-hybridized carbons (Fsp3) is 0.778. The lowest BCUT2D eigenvalue weighted by Crippen LogP contribution is -2.32. The third-order valence-electron chi connectivity index (χ3n) is 1.84. The number of anilines is 1. The molecule has 0 aliphatic carbocycles. The molecular formula is C9H13F4N3O2. The summed E-state index contributed by atoms with van der Waals surface area (Å²) in [7, 11) is 0. The average molecular weight is 271 g/mol. The van der Waals surface area contributed by atoms with Crippen molar-refractivity contribution in [2.75, 3.05) is 18.5 Å². The molecule has 1 rings (SSSR count). The van der Waals surface area contributed by atoms with E-state index in [0.29, 0.717) is 6.54 Å². The minimum Gasteiger partial charge on any atom is -0.367 e. The van der Waals surface area contributed by atoms with Gasteiger partial charge in [-0.15, -0.1) is 0 Å². The van der Waals surface area contributed by atoms with Crippen LogP contribution in [0.1, 0.15) is 19.2 Å². The Labute approximate surface area is 100 Å². The topological polar surface area (TPSA) is 60.2 Å². The number of hydrogen-bond donors (Lipinski definition) is 1. The van der Waals surface area contributed by atoms with Crippen LogP contribution in [0.25, 0.3) is 0 Å². The van der Waals surface area contributed by atoms with Crippen LogP contribution in [0, 0.1) is 0 Å². The summed E-state index contributed by atoms with van der Waals surface area (Å²) >= 11 is 0. The first-order valence-corrected chi connectivity index (χ1v) is 5.26. The van der Waals surface area contributed by atoms with Crippen LogP contribution in [0.15, 0.2) is 4.52 Å². The maximum atomic E-state index is 12.5. The predicted octanol–water partition coefficient (Wildman–Crippen LogP) is 2.31. The maximum absolute atomic E-state index is 12.5. The van der Waals surface area contributed by atoms with Crippen molar-refractivity contribution in [1.82, 2.24) is 10.1 Å². The van der Waals surface area contributed by atoms with E-state index >= 15 is 0 Å². The van der Waals surface area contributed by atoms with Gasteiger partial charge in [-0.25, -0.2) is 8.78 Å². The Bertz CT molecular complexity index is 359. The van der Waals surface area contributed by atoms with Crippen LogP contribution in [0.4, 0.5) is 23.6 Å². The first kappa shape index (κ1) is 14.7. The third-order valence-corrected chi connectivity index (χ3v) is 1.84.